The zero-order valence-electron chi connectivity index (χ0n) is 21.3. The van der Waals surface area contributed by atoms with Crippen LogP contribution in [0.4, 0.5) is 0 Å². The summed E-state index contributed by atoms with van der Waals surface area (Å²) in [6, 6.07) is 32.5. The van der Waals surface area contributed by atoms with Crippen molar-refractivity contribution >= 4 is 64.6 Å². The largest absolute Gasteiger partial charge is 0.0654 e. The quantitative estimate of drug-likeness (QED) is 0.170. The molecule has 0 spiro atoms. The number of hydrogen-bond acceptors (Lipinski definition) is 0. The van der Waals surface area contributed by atoms with Crippen LogP contribution in [0.5, 0.6) is 0 Å². The predicted molar refractivity (Wildman–Crippen MR) is 160 cm³/mol. The SMILES string of the molecule is CCCCc1ccc2c(cc3c4ccccc4cc4c5cccc6cccc(c65)c2c34)c1CCCC. The summed E-state index contributed by atoms with van der Waals surface area (Å²) in [5.41, 5.74) is 3.14. The fraction of sp³-hybridized carbons (Fsp3) is 0.222. The first kappa shape index (κ1) is 21.6. The van der Waals surface area contributed by atoms with Crippen molar-refractivity contribution in [2.24, 2.45) is 0 Å². The minimum Gasteiger partial charge on any atom is -0.0654 e. The van der Waals surface area contributed by atoms with Crippen LogP contribution in [0.15, 0.2) is 84.9 Å². The van der Waals surface area contributed by atoms with Crippen LogP contribution >= 0.6 is 0 Å². The molecular weight excluding hydrogens is 432 g/mol. The molecule has 0 amide bonds. The van der Waals surface area contributed by atoms with Crippen molar-refractivity contribution in [1.29, 1.82) is 0 Å². The molecule has 0 aliphatic rings. The third-order valence-corrected chi connectivity index (χ3v) is 8.40. The Morgan fingerprint density at radius 1 is 0.444 bits per heavy atom. The van der Waals surface area contributed by atoms with Gasteiger partial charge in [0.15, 0.2) is 0 Å². The Kier molecular flexibility index (Phi) is 5.10. The van der Waals surface area contributed by atoms with Gasteiger partial charge in [-0.05, 0) is 114 Å². The van der Waals surface area contributed by atoms with Crippen molar-refractivity contribution in [3.63, 3.8) is 0 Å². The first-order valence-corrected chi connectivity index (χ1v) is 13.8. The number of rotatable bonds is 6. The van der Waals surface area contributed by atoms with E-state index in [-0.39, 0.29) is 0 Å². The number of hydrogen-bond donors (Lipinski definition) is 0. The highest BCUT2D eigenvalue weighted by atomic mass is 14.2. The highest BCUT2D eigenvalue weighted by Crippen LogP contribution is 2.46. The Morgan fingerprint density at radius 2 is 1.08 bits per heavy atom. The molecule has 0 saturated heterocycles. The highest BCUT2D eigenvalue weighted by Gasteiger charge is 2.19. The lowest BCUT2D eigenvalue weighted by Gasteiger charge is -2.20. The second kappa shape index (κ2) is 8.49. The van der Waals surface area contributed by atoms with Crippen molar-refractivity contribution in [3.8, 4) is 0 Å². The maximum atomic E-state index is 2.55. The molecule has 0 N–H and O–H groups in total. The van der Waals surface area contributed by atoms with Crippen LogP contribution in [0.1, 0.15) is 50.7 Å². The van der Waals surface area contributed by atoms with E-state index >= 15 is 0 Å². The fourth-order valence-electron chi connectivity index (χ4n) is 6.68. The Labute approximate surface area is 212 Å². The summed E-state index contributed by atoms with van der Waals surface area (Å²) in [7, 11) is 0. The lowest BCUT2D eigenvalue weighted by molar-refractivity contribution is 0.762. The molecule has 0 aromatic heterocycles. The van der Waals surface area contributed by atoms with Crippen molar-refractivity contribution in [1.82, 2.24) is 0 Å². The molecule has 36 heavy (non-hydrogen) atoms. The molecule has 0 unspecified atom stereocenters. The minimum atomic E-state index is 1.16. The summed E-state index contributed by atoms with van der Waals surface area (Å²) in [6.45, 7) is 4.61. The Balaban J connectivity index is 1.77. The molecular formula is C36H32. The van der Waals surface area contributed by atoms with E-state index in [1.165, 1.54) is 96.7 Å². The summed E-state index contributed by atoms with van der Waals surface area (Å²) in [4.78, 5) is 0. The van der Waals surface area contributed by atoms with Gasteiger partial charge in [0, 0.05) is 0 Å². The number of benzene rings is 7. The second-order valence-corrected chi connectivity index (χ2v) is 10.5. The van der Waals surface area contributed by atoms with Gasteiger partial charge in [-0.3, -0.25) is 0 Å². The first-order valence-electron chi connectivity index (χ1n) is 13.8. The van der Waals surface area contributed by atoms with E-state index in [0.29, 0.717) is 0 Å². The monoisotopic (exact) mass is 464 g/mol. The molecule has 7 aromatic rings. The molecule has 176 valence electrons. The van der Waals surface area contributed by atoms with Crippen LogP contribution in [0.25, 0.3) is 64.6 Å². The number of unbranched alkanes of at least 4 members (excludes halogenated alkanes) is 2. The van der Waals surface area contributed by atoms with Crippen molar-refractivity contribution in [2.45, 2.75) is 52.4 Å². The van der Waals surface area contributed by atoms with Gasteiger partial charge in [0.1, 0.15) is 0 Å². The average molecular weight is 465 g/mol. The van der Waals surface area contributed by atoms with E-state index in [0.717, 1.165) is 6.42 Å². The summed E-state index contributed by atoms with van der Waals surface area (Å²) >= 11 is 0. The van der Waals surface area contributed by atoms with Crippen molar-refractivity contribution in [3.05, 3.63) is 96.1 Å². The Morgan fingerprint density at radius 3 is 1.92 bits per heavy atom. The van der Waals surface area contributed by atoms with E-state index < -0.39 is 0 Å². The zero-order valence-corrected chi connectivity index (χ0v) is 21.3. The van der Waals surface area contributed by atoms with Crippen molar-refractivity contribution < 1.29 is 0 Å². The van der Waals surface area contributed by atoms with Gasteiger partial charge in [0.25, 0.3) is 0 Å². The fourth-order valence-corrected chi connectivity index (χ4v) is 6.68. The molecule has 7 aromatic carbocycles. The van der Waals surface area contributed by atoms with Crippen molar-refractivity contribution in [2.75, 3.05) is 0 Å². The topological polar surface area (TPSA) is 0 Å². The number of aryl methyl sites for hydroxylation is 2. The molecule has 0 saturated carbocycles. The molecule has 0 heteroatoms. The highest BCUT2D eigenvalue weighted by molar-refractivity contribution is 6.41. The maximum Gasteiger partial charge on any atom is -0.00134 e. The molecule has 0 fully saturated rings. The second-order valence-electron chi connectivity index (χ2n) is 10.5. The van der Waals surface area contributed by atoms with Gasteiger partial charge in [-0.1, -0.05) is 99.5 Å². The lowest BCUT2D eigenvalue weighted by atomic mass is 9.83. The van der Waals surface area contributed by atoms with Gasteiger partial charge in [-0.25, -0.2) is 0 Å². The lowest BCUT2D eigenvalue weighted by Crippen LogP contribution is -1.98. The van der Waals surface area contributed by atoms with Crippen LogP contribution in [0.2, 0.25) is 0 Å². The molecule has 0 atom stereocenters. The molecule has 0 radical (unpaired) electrons. The molecule has 0 nitrogen and oxygen atoms in total. The third kappa shape index (κ3) is 3.07. The van der Waals surface area contributed by atoms with Crippen LogP contribution < -0.4 is 0 Å². The molecule has 0 heterocycles. The van der Waals surface area contributed by atoms with Crippen LogP contribution in [0, 0.1) is 0 Å². The van der Waals surface area contributed by atoms with Gasteiger partial charge in [-0.15, -0.1) is 0 Å². The van der Waals surface area contributed by atoms with Gasteiger partial charge < -0.3 is 0 Å². The Hall–Kier alpha value is -3.64. The molecule has 0 aliphatic carbocycles. The van der Waals surface area contributed by atoms with E-state index in [1.54, 1.807) is 11.1 Å². The van der Waals surface area contributed by atoms with Gasteiger partial charge in [0.2, 0.25) is 0 Å². The van der Waals surface area contributed by atoms with E-state index in [9.17, 15) is 0 Å². The summed E-state index contributed by atoms with van der Waals surface area (Å²) < 4.78 is 0. The van der Waals surface area contributed by atoms with E-state index in [2.05, 4.69) is 98.8 Å². The molecule has 0 bridgehead atoms. The van der Waals surface area contributed by atoms with Gasteiger partial charge >= 0.3 is 0 Å². The standard InChI is InChI=1S/C36H32/c1-3-5-11-23-19-20-29-31(26(23)15-6-4-2)22-33-27-16-8-7-12-25(27)21-32-28-17-9-13-24-14-10-18-30(34(24)28)35(29)36(32)33/h7-10,12-14,16-22H,3-6,11,15H2,1-2H3. The average Bonchev–Trinajstić information content (AvgIpc) is 2.92. The van der Waals surface area contributed by atoms with E-state index in [4.69, 9.17) is 0 Å². The normalized spacial score (nSPS) is 12.3. The smallest absolute Gasteiger partial charge is 0.00134 e. The zero-order chi connectivity index (χ0) is 24.2. The number of fused-ring (bicyclic) bond motifs is 6. The van der Waals surface area contributed by atoms with Gasteiger partial charge in [-0.2, -0.15) is 0 Å². The van der Waals surface area contributed by atoms with Crippen LogP contribution in [0.3, 0.4) is 0 Å². The van der Waals surface area contributed by atoms with Crippen LogP contribution in [-0.2, 0) is 12.8 Å². The summed E-state index contributed by atoms with van der Waals surface area (Å²) in [6.07, 6.45) is 7.30. The summed E-state index contributed by atoms with van der Waals surface area (Å²) in [5, 5.41) is 16.7. The maximum absolute atomic E-state index is 2.55. The Bertz CT molecular complexity index is 1900. The predicted octanol–water partition coefficient (Wildman–Crippen LogP) is 10.7. The molecule has 0 aliphatic heterocycles. The van der Waals surface area contributed by atoms with Gasteiger partial charge in [0.05, 0.1) is 0 Å². The minimum absolute atomic E-state index is 1.16. The summed E-state index contributed by atoms with van der Waals surface area (Å²) in [5.74, 6) is 0. The first-order chi connectivity index (χ1) is 17.8. The molecule has 7 rings (SSSR count). The third-order valence-electron chi connectivity index (χ3n) is 8.40. The van der Waals surface area contributed by atoms with Crippen LogP contribution in [-0.4, -0.2) is 0 Å². The van der Waals surface area contributed by atoms with E-state index in [1.807, 2.05) is 0 Å².